The fraction of sp³-hybridized carbons (Fsp3) is 0.240. The van der Waals surface area contributed by atoms with E-state index in [9.17, 15) is 13.2 Å². The predicted molar refractivity (Wildman–Crippen MR) is 132 cm³/mol. The molecule has 3 aromatic heterocycles. The van der Waals surface area contributed by atoms with Gasteiger partial charge in [0.05, 0.1) is 12.0 Å². The summed E-state index contributed by atoms with van der Waals surface area (Å²) in [5.41, 5.74) is 2.26. The van der Waals surface area contributed by atoms with Crippen LogP contribution in [0.25, 0.3) is 33.0 Å². The molecule has 0 aromatic carbocycles. The maximum Gasteiger partial charge on any atom is 0.522 e. The van der Waals surface area contributed by atoms with E-state index < -0.39 is 13.0 Å². The van der Waals surface area contributed by atoms with Crippen LogP contribution in [-0.4, -0.2) is 39.0 Å². The number of hydrogen-bond acceptors (Lipinski definition) is 6. The summed E-state index contributed by atoms with van der Waals surface area (Å²) in [5, 5.41) is 4.87. The van der Waals surface area contributed by atoms with Gasteiger partial charge in [-0.15, -0.1) is 24.5 Å². The predicted octanol–water partition coefficient (Wildman–Crippen LogP) is 4.37. The Morgan fingerprint density at radius 3 is 2.43 bits per heavy atom. The average Bonchev–Trinajstić information content (AvgIpc) is 3.46. The molecule has 2 aliphatic carbocycles. The number of rotatable bonds is 5. The zero-order chi connectivity index (χ0) is 24.4. The summed E-state index contributed by atoms with van der Waals surface area (Å²) >= 11 is 1.56. The summed E-state index contributed by atoms with van der Waals surface area (Å²) in [6.07, 6.45) is 16.6. The highest BCUT2D eigenvalue weighted by Gasteiger charge is 2.28. The Labute approximate surface area is 203 Å². The molecule has 3 aromatic rings. The molecule has 0 unspecified atom stereocenters. The van der Waals surface area contributed by atoms with Gasteiger partial charge < -0.3 is 9.88 Å². The lowest BCUT2D eigenvalue weighted by molar-refractivity contribution is -0.322. The minimum atomic E-state index is -4.69. The lowest BCUT2D eigenvalue weighted by Gasteiger charge is -2.11. The molecular formula is C25H22F3N5OS. The number of imidazole rings is 1. The van der Waals surface area contributed by atoms with E-state index in [1.54, 1.807) is 28.3 Å². The van der Waals surface area contributed by atoms with Crippen molar-refractivity contribution in [2.45, 2.75) is 19.2 Å². The second-order valence-electron chi connectivity index (χ2n) is 8.00. The molecule has 180 valence electrons. The molecule has 0 atom stereocenters. The van der Waals surface area contributed by atoms with Crippen molar-refractivity contribution < 1.29 is 17.9 Å². The molecule has 2 aliphatic rings. The van der Waals surface area contributed by atoms with Crippen molar-refractivity contribution in [2.75, 3.05) is 18.5 Å². The monoisotopic (exact) mass is 497 g/mol. The highest BCUT2D eigenvalue weighted by molar-refractivity contribution is 7.16. The third kappa shape index (κ3) is 4.98. The summed E-state index contributed by atoms with van der Waals surface area (Å²) in [7, 11) is 1.84. The number of alkyl halides is 3. The molecule has 0 saturated heterocycles. The van der Waals surface area contributed by atoms with Gasteiger partial charge in [-0.05, 0) is 24.0 Å². The van der Waals surface area contributed by atoms with Gasteiger partial charge in [0.25, 0.3) is 0 Å². The minimum absolute atomic E-state index is 0.0689. The number of nitrogens with zero attached hydrogens (tertiary/aromatic N) is 4. The number of nitrogens with one attached hydrogen (secondary N) is 1. The van der Waals surface area contributed by atoms with Crippen LogP contribution in [0, 0.1) is 0 Å². The standard InChI is InChI=1S/C25H22F3N5OS/c1-33-14-12-30-23(33)22-31-21(29-13-15-34-25(26,27)28)19-18(16-8-4-2-5-9-16)20(35-24(19)32-22)17-10-6-3-7-11-17/h2-8,10,12,14H,9,11,13,15H2,1H3,(H,29,31,32). The molecule has 0 radical (unpaired) electrons. The highest BCUT2D eigenvalue weighted by atomic mass is 32.1. The molecule has 3 heterocycles. The Morgan fingerprint density at radius 1 is 1.06 bits per heavy atom. The number of halogens is 3. The van der Waals surface area contributed by atoms with Crippen molar-refractivity contribution in [3.63, 3.8) is 0 Å². The van der Waals surface area contributed by atoms with Gasteiger partial charge in [-0.25, -0.2) is 15.0 Å². The summed E-state index contributed by atoms with van der Waals surface area (Å²) in [4.78, 5) is 14.7. The van der Waals surface area contributed by atoms with Crippen LogP contribution < -0.4 is 15.1 Å². The lowest BCUT2D eigenvalue weighted by atomic mass is 10.0. The van der Waals surface area contributed by atoms with Crippen LogP contribution in [0.4, 0.5) is 19.0 Å². The van der Waals surface area contributed by atoms with Gasteiger partial charge in [0, 0.05) is 35.7 Å². The van der Waals surface area contributed by atoms with Crippen LogP contribution in [0.3, 0.4) is 0 Å². The number of anilines is 1. The summed E-state index contributed by atoms with van der Waals surface area (Å²) in [5.74, 6) is 1.43. The number of allylic oxidation sites excluding steroid dienone is 8. The fourth-order valence-electron chi connectivity index (χ4n) is 4.06. The Hall–Kier alpha value is -3.50. The quantitative estimate of drug-likeness (QED) is 0.531. The van der Waals surface area contributed by atoms with E-state index in [4.69, 9.17) is 9.97 Å². The molecule has 0 spiro atoms. The molecule has 5 rings (SSSR count). The molecule has 35 heavy (non-hydrogen) atoms. The number of aryl methyl sites for hydroxylation is 1. The maximum atomic E-state index is 12.5. The summed E-state index contributed by atoms with van der Waals surface area (Å²) in [6.45, 7) is -0.607. The molecule has 10 heteroatoms. The van der Waals surface area contributed by atoms with E-state index in [0.29, 0.717) is 17.5 Å². The second kappa shape index (κ2) is 9.63. The minimum Gasteiger partial charge on any atom is -0.367 e. The normalized spacial score (nSPS) is 18.6. The Balaban J connectivity index is 1.75. The fourth-order valence-corrected chi connectivity index (χ4v) is 5.30. The molecule has 1 N–H and O–H groups in total. The van der Waals surface area contributed by atoms with Crippen molar-refractivity contribution in [1.29, 1.82) is 0 Å². The maximum absolute atomic E-state index is 12.5. The zero-order valence-corrected chi connectivity index (χ0v) is 19.7. The van der Waals surface area contributed by atoms with Crippen LogP contribution in [0.15, 0.2) is 61.0 Å². The molecule has 0 fully saturated rings. The third-order valence-electron chi connectivity index (χ3n) is 5.61. The van der Waals surface area contributed by atoms with Gasteiger partial charge in [-0.2, -0.15) is 0 Å². The lowest BCUT2D eigenvalue weighted by Crippen LogP contribution is -2.26. The Bertz CT molecular complexity index is 1510. The van der Waals surface area contributed by atoms with Crippen molar-refractivity contribution in [3.8, 4) is 11.6 Å². The largest absolute Gasteiger partial charge is 0.522 e. The van der Waals surface area contributed by atoms with Gasteiger partial charge in [0.2, 0.25) is 0 Å². The third-order valence-corrected chi connectivity index (χ3v) is 6.77. The highest BCUT2D eigenvalue weighted by Crippen LogP contribution is 2.26. The van der Waals surface area contributed by atoms with Crippen LogP contribution in [0.2, 0.25) is 0 Å². The van der Waals surface area contributed by atoms with E-state index in [0.717, 1.165) is 44.0 Å². The van der Waals surface area contributed by atoms with E-state index in [-0.39, 0.29) is 6.54 Å². The van der Waals surface area contributed by atoms with Crippen LogP contribution in [0.5, 0.6) is 0 Å². The van der Waals surface area contributed by atoms with E-state index in [1.165, 1.54) is 0 Å². The summed E-state index contributed by atoms with van der Waals surface area (Å²) < 4.78 is 44.4. The molecule has 0 bridgehead atoms. The van der Waals surface area contributed by atoms with Crippen LogP contribution in [-0.2, 0) is 11.8 Å². The topological polar surface area (TPSA) is 64.9 Å². The van der Waals surface area contributed by atoms with Crippen molar-refractivity contribution in [1.82, 2.24) is 19.5 Å². The number of aromatic nitrogens is 4. The van der Waals surface area contributed by atoms with E-state index in [1.807, 2.05) is 31.4 Å². The van der Waals surface area contributed by atoms with Crippen molar-refractivity contribution >= 4 is 38.5 Å². The first-order chi connectivity index (χ1) is 16.9. The molecular weight excluding hydrogens is 475 g/mol. The SMILES string of the molecule is Cn1ccnc1-c1nc(NCCOC(F)(F)F)c2c(=C3C=CC=CC3)c(=C3C=CC=CC3)sc2n1. The summed E-state index contributed by atoms with van der Waals surface area (Å²) in [6, 6.07) is 0. The van der Waals surface area contributed by atoms with Gasteiger partial charge in [0.1, 0.15) is 10.6 Å². The smallest absolute Gasteiger partial charge is 0.367 e. The van der Waals surface area contributed by atoms with E-state index in [2.05, 4.69) is 39.3 Å². The first-order valence-electron chi connectivity index (χ1n) is 11.1. The molecule has 6 nitrogen and oxygen atoms in total. The van der Waals surface area contributed by atoms with Crippen LogP contribution in [0.1, 0.15) is 12.8 Å². The molecule has 0 amide bonds. The number of ether oxygens (including phenoxy) is 1. The number of hydrogen-bond donors (Lipinski definition) is 1. The van der Waals surface area contributed by atoms with Crippen LogP contribution >= 0.6 is 11.3 Å². The Morgan fingerprint density at radius 2 is 1.80 bits per heavy atom. The van der Waals surface area contributed by atoms with Crippen molar-refractivity contribution in [2.24, 2.45) is 7.05 Å². The van der Waals surface area contributed by atoms with Gasteiger partial charge >= 0.3 is 6.36 Å². The molecule has 0 aliphatic heterocycles. The molecule has 0 saturated carbocycles. The first-order valence-corrected chi connectivity index (χ1v) is 11.9. The zero-order valence-electron chi connectivity index (χ0n) is 18.8. The van der Waals surface area contributed by atoms with Gasteiger partial charge in [-0.3, -0.25) is 4.74 Å². The first kappa shape index (κ1) is 23.3. The van der Waals surface area contributed by atoms with Gasteiger partial charge in [-0.1, -0.05) is 48.6 Å². The number of thiophene rings is 1. The van der Waals surface area contributed by atoms with E-state index >= 15 is 0 Å². The second-order valence-corrected chi connectivity index (χ2v) is 9.00. The number of fused-ring (bicyclic) bond motifs is 1. The van der Waals surface area contributed by atoms with Gasteiger partial charge in [0.15, 0.2) is 11.6 Å². The Kier molecular flexibility index (Phi) is 6.40. The van der Waals surface area contributed by atoms with Crippen molar-refractivity contribution in [3.05, 3.63) is 70.8 Å². The average molecular weight is 498 g/mol.